The number of rotatable bonds is 30. The van der Waals surface area contributed by atoms with Gasteiger partial charge >= 0.3 is 5.97 Å². The first-order chi connectivity index (χ1) is 19.8. The molecule has 0 unspecified atom stereocenters. The molecule has 11 nitrogen and oxygen atoms in total. The Morgan fingerprint density at radius 3 is 1.45 bits per heavy atom. The van der Waals surface area contributed by atoms with E-state index in [1.807, 2.05) is 12.1 Å². The summed E-state index contributed by atoms with van der Waals surface area (Å²) in [7, 11) is 0. The van der Waals surface area contributed by atoms with E-state index in [0.717, 1.165) is 25.1 Å². The molecule has 0 atom stereocenters. The number of anilines is 1. The minimum absolute atomic E-state index is 0.195. The maximum Gasteiger partial charge on any atom is 0.338 e. The second kappa shape index (κ2) is 28.3. The van der Waals surface area contributed by atoms with Gasteiger partial charge in [-0.3, -0.25) is 0 Å². The topological polar surface area (TPSA) is 112 Å². The average Bonchev–Trinajstić information content (AvgIpc) is 2.97. The van der Waals surface area contributed by atoms with Gasteiger partial charge in [0.2, 0.25) is 0 Å². The van der Waals surface area contributed by atoms with Crippen molar-refractivity contribution in [1.29, 1.82) is 0 Å². The Bertz CT molecular complexity index is 705. The van der Waals surface area contributed by atoms with Crippen LogP contribution in [0.1, 0.15) is 30.1 Å². The van der Waals surface area contributed by atoms with E-state index in [-0.39, 0.29) is 12.6 Å². The van der Waals surface area contributed by atoms with Gasteiger partial charge in [-0.25, -0.2) is 4.79 Å². The van der Waals surface area contributed by atoms with Crippen molar-refractivity contribution >= 4 is 11.7 Å². The first kappa shape index (κ1) is 35.8. The minimum atomic E-state index is -0.358. The van der Waals surface area contributed by atoms with Crippen molar-refractivity contribution in [3.63, 3.8) is 0 Å². The molecule has 1 N–H and O–H groups in total. The fourth-order valence-corrected chi connectivity index (χ4v) is 3.02. The largest absolute Gasteiger partial charge is 0.499 e. The van der Waals surface area contributed by atoms with Gasteiger partial charge in [-0.05, 0) is 30.7 Å². The third kappa shape index (κ3) is 22.6. The lowest BCUT2D eigenvalue weighted by atomic mass is 10.2. The molecule has 1 aromatic rings. The summed E-state index contributed by atoms with van der Waals surface area (Å²) in [6, 6.07) is 7.29. The number of benzene rings is 1. The Hall–Kier alpha value is -2.25. The van der Waals surface area contributed by atoms with Gasteiger partial charge in [0.15, 0.2) is 0 Å². The lowest BCUT2D eigenvalue weighted by Crippen LogP contribution is -2.15. The second-order valence-electron chi connectivity index (χ2n) is 8.32. The molecule has 0 amide bonds. The highest BCUT2D eigenvalue weighted by molar-refractivity contribution is 5.89. The van der Waals surface area contributed by atoms with Gasteiger partial charge < -0.3 is 47.9 Å². The van der Waals surface area contributed by atoms with E-state index in [1.54, 1.807) is 12.1 Å². The van der Waals surface area contributed by atoms with Gasteiger partial charge in [0, 0.05) is 12.2 Å². The van der Waals surface area contributed by atoms with Crippen LogP contribution < -0.4 is 5.32 Å². The molecule has 0 aromatic heterocycles. The van der Waals surface area contributed by atoms with Crippen molar-refractivity contribution in [2.75, 3.05) is 118 Å². The number of nitrogens with one attached hydrogen (secondary N) is 1. The molecule has 230 valence electrons. The zero-order valence-electron chi connectivity index (χ0n) is 24.1. The number of hydrogen-bond donors (Lipinski definition) is 1. The molecule has 0 radical (unpaired) electrons. The average molecular weight is 572 g/mol. The van der Waals surface area contributed by atoms with Gasteiger partial charge in [0.05, 0.1) is 104 Å². The molecule has 0 bridgehead atoms. The van der Waals surface area contributed by atoms with Gasteiger partial charge in [0.25, 0.3) is 0 Å². The van der Waals surface area contributed by atoms with Crippen LogP contribution in [0, 0.1) is 0 Å². The maximum absolute atomic E-state index is 12.1. The molecule has 0 aliphatic heterocycles. The van der Waals surface area contributed by atoms with Crippen LogP contribution in [0.5, 0.6) is 0 Å². The summed E-state index contributed by atoms with van der Waals surface area (Å²) in [6.07, 6.45) is 3.64. The Kier molecular flexibility index (Phi) is 25.3. The van der Waals surface area contributed by atoms with Crippen LogP contribution >= 0.6 is 0 Å². The molecule has 0 fully saturated rings. The molecule has 1 aromatic carbocycles. The lowest BCUT2D eigenvalue weighted by Gasteiger charge is -2.09. The number of esters is 1. The monoisotopic (exact) mass is 571 g/mol. The SMILES string of the molecule is C=COCCOCCOCCOCCOCCOCCOCCOCCOC(=O)c1ccc(NCCCC)cc1. The number of ether oxygens (including phenoxy) is 9. The Morgan fingerprint density at radius 1 is 0.650 bits per heavy atom. The van der Waals surface area contributed by atoms with E-state index in [4.69, 9.17) is 42.6 Å². The molecule has 0 aliphatic carbocycles. The third-order valence-electron chi connectivity index (χ3n) is 5.14. The van der Waals surface area contributed by atoms with Gasteiger partial charge in [-0.2, -0.15) is 0 Å². The van der Waals surface area contributed by atoms with E-state index >= 15 is 0 Å². The first-order valence-corrected chi connectivity index (χ1v) is 14.1. The molecular weight excluding hydrogens is 522 g/mol. The molecular formula is C29H49NO10. The Morgan fingerprint density at radius 2 is 1.05 bits per heavy atom. The second-order valence-corrected chi connectivity index (χ2v) is 8.32. The fourth-order valence-electron chi connectivity index (χ4n) is 3.02. The van der Waals surface area contributed by atoms with Crippen molar-refractivity contribution in [3.8, 4) is 0 Å². The summed E-state index contributed by atoms with van der Waals surface area (Å²) in [5, 5.41) is 3.31. The van der Waals surface area contributed by atoms with Crippen LogP contribution in [0.4, 0.5) is 5.69 Å². The Balaban J connectivity index is 1.76. The highest BCUT2D eigenvalue weighted by Crippen LogP contribution is 2.10. The molecule has 0 heterocycles. The Labute approximate surface area is 239 Å². The molecule has 11 heteroatoms. The minimum Gasteiger partial charge on any atom is -0.499 e. The third-order valence-corrected chi connectivity index (χ3v) is 5.14. The van der Waals surface area contributed by atoms with E-state index in [1.165, 1.54) is 6.26 Å². The molecule has 0 spiro atoms. The maximum atomic E-state index is 12.1. The van der Waals surface area contributed by atoms with Crippen LogP contribution in [-0.4, -0.2) is 118 Å². The summed E-state index contributed by atoms with van der Waals surface area (Å²) < 4.78 is 48.1. The van der Waals surface area contributed by atoms with Gasteiger partial charge in [-0.15, -0.1) is 0 Å². The van der Waals surface area contributed by atoms with Gasteiger partial charge in [-0.1, -0.05) is 19.9 Å². The predicted octanol–water partition coefficient (Wildman–Crippen LogP) is 3.33. The summed E-state index contributed by atoms with van der Waals surface area (Å²) in [4.78, 5) is 12.1. The van der Waals surface area contributed by atoms with Crippen molar-refractivity contribution in [1.82, 2.24) is 0 Å². The quantitative estimate of drug-likeness (QED) is 0.0834. The van der Waals surface area contributed by atoms with Crippen LogP contribution in [0.3, 0.4) is 0 Å². The van der Waals surface area contributed by atoms with Crippen molar-refractivity contribution in [2.24, 2.45) is 0 Å². The molecule has 40 heavy (non-hydrogen) atoms. The van der Waals surface area contributed by atoms with Crippen molar-refractivity contribution in [2.45, 2.75) is 19.8 Å². The molecule has 0 saturated carbocycles. The van der Waals surface area contributed by atoms with E-state index in [9.17, 15) is 4.79 Å². The number of carbonyl (C=O) groups is 1. The summed E-state index contributed by atoms with van der Waals surface area (Å²) in [5.74, 6) is -0.358. The molecule has 0 aliphatic rings. The first-order valence-electron chi connectivity index (χ1n) is 14.1. The summed E-state index contributed by atoms with van der Waals surface area (Å²) in [5.41, 5.74) is 1.52. The summed E-state index contributed by atoms with van der Waals surface area (Å²) in [6.45, 7) is 13.9. The smallest absolute Gasteiger partial charge is 0.338 e. The van der Waals surface area contributed by atoms with Crippen LogP contribution in [0.2, 0.25) is 0 Å². The standard InChI is InChI=1S/C29H49NO10/c1-3-5-10-30-28-8-6-27(7-9-28)29(31)40-26-25-39-24-23-38-22-21-37-20-19-36-18-17-35-16-15-34-14-13-33-12-11-32-4-2/h4,6-9,30H,2-3,5,10-26H2,1H3. The van der Waals surface area contributed by atoms with Crippen molar-refractivity contribution in [3.05, 3.63) is 42.7 Å². The number of unbranched alkanes of at least 4 members (excludes halogenated alkanes) is 1. The zero-order chi connectivity index (χ0) is 28.8. The fraction of sp³-hybridized carbons (Fsp3) is 0.690. The van der Waals surface area contributed by atoms with Crippen molar-refractivity contribution < 1.29 is 47.4 Å². The van der Waals surface area contributed by atoms with Crippen LogP contribution in [-0.2, 0) is 42.6 Å². The zero-order valence-corrected chi connectivity index (χ0v) is 24.1. The number of carbonyl (C=O) groups excluding carboxylic acids is 1. The molecule has 0 saturated heterocycles. The van der Waals surface area contributed by atoms with Crippen LogP contribution in [0.25, 0.3) is 0 Å². The van der Waals surface area contributed by atoms with E-state index < -0.39 is 0 Å². The summed E-state index contributed by atoms with van der Waals surface area (Å²) >= 11 is 0. The van der Waals surface area contributed by atoms with Gasteiger partial charge in [0.1, 0.15) is 13.2 Å². The molecule has 1 rings (SSSR count). The number of hydrogen-bond acceptors (Lipinski definition) is 11. The van der Waals surface area contributed by atoms with E-state index in [2.05, 4.69) is 18.8 Å². The van der Waals surface area contributed by atoms with Crippen LogP contribution in [0.15, 0.2) is 37.1 Å². The normalized spacial score (nSPS) is 10.9. The highest BCUT2D eigenvalue weighted by atomic mass is 16.6. The van der Waals surface area contributed by atoms with E-state index in [0.29, 0.717) is 105 Å². The lowest BCUT2D eigenvalue weighted by molar-refractivity contribution is -0.0231. The highest BCUT2D eigenvalue weighted by Gasteiger charge is 2.06. The predicted molar refractivity (Wildman–Crippen MR) is 152 cm³/mol.